The Kier molecular flexibility index (Phi) is 6.83. The molecule has 0 bridgehead atoms. The number of hydrogen-bond acceptors (Lipinski definition) is 3. The van der Waals surface area contributed by atoms with Gasteiger partial charge in [-0.15, -0.1) is 0 Å². The van der Waals surface area contributed by atoms with Crippen LogP contribution in [0.5, 0.6) is 0 Å². The molecule has 31 heavy (non-hydrogen) atoms. The molecule has 1 heterocycles. The lowest BCUT2D eigenvalue weighted by Crippen LogP contribution is -2.32. The van der Waals surface area contributed by atoms with Crippen molar-refractivity contribution in [1.82, 2.24) is 9.99 Å². The largest absolute Gasteiger partial charge is 0.329 e. The van der Waals surface area contributed by atoms with E-state index in [1.54, 1.807) is 30.3 Å². The van der Waals surface area contributed by atoms with E-state index in [2.05, 4.69) is 15.8 Å². The smallest absolute Gasteiger partial charge is 0.318 e. The van der Waals surface area contributed by atoms with E-state index in [0.717, 1.165) is 33.8 Å². The van der Waals surface area contributed by atoms with Crippen molar-refractivity contribution in [2.24, 2.45) is 5.10 Å². The average Bonchev–Trinajstić information content (AvgIpc) is 2.96. The van der Waals surface area contributed by atoms with Crippen LogP contribution in [0.2, 0.25) is 10.0 Å². The van der Waals surface area contributed by atoms with Crippen molar-refractivity contribution in [1.29, 1.82) is 0 Å². The molecule has 0 radical (unpaired) electrons. The molecule has 0 aliphatic carbocycles. The molecule has 3 rings (SSSR count). The van der Waals surface area contributed by atoms with Gasteiger partial charge in [-0.25, -0.2) is 5.43 Å². The van der Waals surface area contributed by atoms with Gasteiger partial charge >= 0.3 is 11.8 Å². The first-order valence-corrected chi connectivity index (χ1v) is 10.3. The fourth-order valence-electron chi connectivity index (χ4n) is 3.39. The van der Waals surface area contributed by atoms with E-state index in [9.17, 15) is 9.59 Å². The molecule has 0 fully saturated rings. The Balaban J connectivity index is 1.72. The van der Waals surface area contributed by atoms with E-state index in [1.807, 2.05) is 44.4 Å². The second kappa shape index (κ2) is 9.37. The zero-order valence-corrected chi connectivity index (χ0v) is 19.1. The maximum Gasteiger partial charge on any atom is 0.329 e. The summed E-state index contributed by atoms with van der Waals surface area (Å²) < 4.78 is 1.95. The van der Waals surface area contributed by atoms with Gasteiger partial charge in [0.15, 0.2) is 0 Å². The number of benzene rings is 2. The Morgan fingerprint density at radius 1 is 0.935 bits per heavy atom. The summed E-state index contributed by atoms with van der Waals surface area (Å²) in [4.78, 5) is 24.2. The number of rotatable bonds is 4. The number of hydrogen-bond donors (Lipinski definition) is 2. The van der Waals surface area contributed by atoms with Gasteiger partial charge in [-0.2, -0.15) is 5.10 Å². The Morgan fingerprint density at radius 3 is 2.29 bits per heavy atom. The standard InChI is InChI=1S/C23H22Cl2N4O2/c1-13-7-14(2)9-19(8-13)27-22(30)23(31)28-26-12-17-10-15(3)29(16(17)4)21-11-18(24)5-6-20(21)25/h5-12H,1-4H3,(H,27,30)(H,28,31)/b26-12-. The highest BCUT2D eigenvalue weighted by Crippen LogP contribution is 2.28. The van der Waals surface area contributed by atoms with Crippen LogP contribution in [0.15, 0.2) is 47.6 Å². The van der Waals surface area contributed by atoms with Crippen LogP contribution < -0.4 is 10.7 Å². The number of aryl methyl sites for hydroxylation is 3. The first-order valence-electron chi connectivity index (χ1n) is 9.52. The highest BCUT2D eigenvalue weighted by atomic mass is 35.5. The summed E-state index contributed by atoms with van der Waals surface area (Å²) >= 11 is 12.5. The average molecular weight is 457 g/mol. The first-order chi connectivity index (χ1) is 14.7. The summed E-state index contributed by atoms with van der Waals surface area (Å²) in [7, 11) is 0. The predicted octanol–water partition coefficient (Wildman–Crippen LogP) is 5.11. The monoisotopic (exact) mass is 456 g/mol. The summed E-state index contributed by atoms with van der Waals surface area (Å²) in [6.07, 6.45) is 1.49. The van der Waals surface area contributed by atoms with Crippen molar-refractivity contribution >= 4 is 46.9 Å². The quantitative estimate of drug-likeness (QED) is 0.325. The van der Waals surface area contributed by atoms with Crippen LogP contribution in [0.3, 0.4) is 0 Å². The van der Waals surface area contributed by atoms with E-state index in [-0.39, 0.29) is 0 Å². The van der Waals surface area contributed by atoms with Crippen LogP contribution in [-0.2, 0) is 9.59 Å². The van der Waals surface area contributed by atoms with Crippen molar-refractivity contribution < 1.29 is 9.59 Å². The van der Waals surface area contributed by atoms with E-state index < -0.39 is 11.8 Å². The lowest BCUT2D eigenvalue weighted by molar-refractivity contribution is -0.136. The topological polar surface area (TPSA) is 75.5 Å². The fourth-order valence-corrected chi connectivity index (χ4v) is 3.76. The van der Waals surface area contributed by atoms with Crippen molar-refractivity contribution in [3.8, 4) is 5.69 Å². The molecule has 3 aromatic rings. The summed E-state index contributed by atoms with van der Waals surface area (Å²) in [5.74, 6) is -1.65. The Morgan fingerprint density at radius 2 is 1.61 bits per heavy atom. The normalized spacial score (nSPS) is 11.0. The van der Waals surface area contributed by atoms with Gasteiger partial charge in [0.25, 0.3) is 0 Å². The van der Waals surface area contributed by atoms with Gasteiger partial charge in [0.05, 0.1) is 16.9 Å². The molecule has 2 aromatic carbocycles. The maximum absolute atomic E-state index is 12.1. The molecule has 8 heteroatoms. The van der Waals surface area contributed by atoms with Crippen molar-refractivity contribution in [2.75, 3.05) is 5.32 Å². The van der Waals surface area contributed by atoms with E-state index in [4.69, 9.17) is 23.2 Å². The Labute approximate surface area is 190 Å². The van der Waals surface area contributed by atoms with Crippen molar-refractivity contribution in [2.45, 2.75) is 27.7 Å². The van der Waals surface area contributed by atoms with Gasteiger partial charge in [0.2, 0.25) is 0 Å². The summed E-state index contributed by atoms with van der Waals surface area (Å²) in [6.45, 7) is 7.66. The van der Waals surface area contributed by atoms with Gasteiger partial charge in [-0.05, 0) is 75.2 Å². The maximum atomic E-state index is 12.1. The molecule has 0 spiro atoms. The summed E-state index contributed by atoms with van der Waals surface area (Å²) in [5, 5.41) is 7.64. The van der Waals surface area contributed by atoms with Crippen molar-refractivity contribution in [3.63, 3.8) is 0 Å². The third kappa shape index (κ3) is 5.34. The third-order valence-corrected chi connectivity index (χ3v) is 5.23. The minimum absolute atomic E-state index is 0.559. The molecular weight excluding hydrogens is 435 g/mol. The first kappa shape index (κ1) is 22.6. The van der Waals surface area contributed by atoms with Crippen LogP contribution in [0, 0.1) is 27.7 Å². The number of amides is 2. The van der Waals surface area contributed by atoms with Gasteiger partial charge in [-0.1, -0.05) is 29.3 Å². The third-order valence-electron chi connectivity index (χ3n) is 4.67. The molecule has 0 saturated carbocycles. The minimum Gasteiger partial charge on any atom is -0.318 e. The number of carbonyl (C=O) groups is 2. The number of nitrogens with one attached hydrogen (secondary N) is 2. The zero-order valence-electron chi connectivity index (χ0n) is 17.6. The molecule has 2 N–H and O–H groups in total. The van der Waals surface area contributed by atoms with Crippen LogP contribution in [0.1, 0.15) is 28.1 Å². The molecule has 1 aromatic heterocycles. The van der Waals surface area contributed by atoms with Crippen LogP contribution in [0.4, 0.5) is 5.69 Å². The zero-order chi connectivity index (χ0) is 22.7. The summed E-state index contributed by atoms with van der Waals surface area (Å²) in [6, 6.07) is 12.7. The predicted molar refractivity (Wildman–Crippen MR) is 126 cm³/mol. The molecule has 6 nitrogen and oxygen atoms in total. The van der Waals surface area contributed by atoms with E-state index in [1.165, 1.54) is 6.21 Å². The number of hydrazone groups is 1. The number of carbonyl (C=O) groups excluding carboxylic acids is 2. The number of aromatic nitrogens is 1. The minimum atomic E-state index is -0.859. The fraction of sp³-hybridized carbons (Fsp3) is 0.174. The van der Waals surface area contributed by atoms with E-state index in [0.29, 0.717) is 15.7 Å². The lowest BCUT2D eigenvalue weighted by Gasteiger charge is -2.12. The number of nitrogens with zero attached hydrogens (tertiary/aromatic N) is 2. The number of halogens is 2. The van der Waals surface area contributed by atoms with Gasteiger partial charge in [-0.3, -0.25) is 9.59 Å². The molecule has 0 atom stereocenters. The Hall–Kier alpha value is -3.09. The molecule has 0 aliphatic heterocycles. The second-order valence-electron chi connectivity index (χ2n) is 7.29. The Bertz CT molecular complexity index is 1180. The SMILES string of the molecule is Cc1cc(C)cc(NC(=O)C(=O)N/N=C\c2cc(C)n(-c3cc(Cl)ccc3Cl)c2C)c1. The van der Waals surface area contributed by atoms with Crippen LogP contribution >= 0.6 is 23.2 Å². The molecule has 160 valence electrons. The highest BCUT2D eigenvalue weighted by molar-refractivity contribution is 6.39. The lowest BCUT2D eigenvalue weighted by atomic mass is 10.1. The number of anilines is 1. The van der Waals surface area contributed by atoms with Crippen molar-refractivity contribution in [3.05, 3.63) is 80.6 Å². The van der Waals surface area contributed by atoms with Gasteiger partial charge in [0, 0.05) is 27.7 Å². The van der Waals surface area contributed by atoms with E-state index >= 15 is 0 Å². The highest BCUT2D eigenvalue weighted by Gasteiger charge is 2.15. The van der Waals surface area contributed by atoms with Crippen LogP contribution in [0.25, 0.3) is 5.69 Å². The molecule has 0 aliphatic rings. The van der Waals surface area contributed by atoms with Gasteiger partial charge < -0.3 is 9.88 Å². The molecular formula is C23H22Cl2N4O2. The van der Waals surface area contributed by atoms with Crippen LogP contribution in [-0.4, -0.2) is 22.6 Å². The molecule has 0 saturated heterocycles. The van der Waals surface area contributed by atoms with Gasteiger partial charge in [0.1, 0.15) is 0 Å². The summed E-state index contributed by atoms with van der Waals surface area (Å²) in [5.41, 5.74) is 8.09. The molecule has 2 amide bonds. The second-order valence-corrected chi connectivity index (χ2v) is 8.13. The molecule has 0 unspecified atom stereocenters.